The maximum Gasteiger partial charge on any atom is 0.232 e. The van der Waals surface area contributed by atoms with Gasteiger partial charge in [-0.15, -0.1) is 0 Å². The molecule has 3 fully saturated rings. The van der Waals surface area contributed by atoms with Gasteiger partial charge in [0.1, 0.15) is 6.33 Å². The summed E-state index contributed by atoms with van der Waals surface area (Å²) < 4.78 is 0. The summed E-state index contributed by atoms with van der Waals surface area (Å²) in [5, 5.41) is 0. The van der Waals surface area contributed by atoms with Crippen LogP contribution in [0.3, 0.4) is 0 Å². The SMILES string of the molecule is O=C(CC1CC1)N1C[C@@H]2CCN(c3cncnc3)C(=O)[C@H]2C1. The van der Waals surface area contributed by atoms with Crippen LogP contribution in [-0.2, 0) is 9.59 Å². The van der Waals surface area contributed by atoms with Gasteiger partial charge in [0.2, 0.25) is 11.8 Å². The molecule has 0 spiro atoms. The smallest absolute Gasteiger partial charge is 0.232 e. The molecule has 2 atom stereocenters. The van der Waals surface area contributed by atoms with Crippen LogP contribution in [0, 0.1) is 17.8 Å². The molecule has 1 aromatic rings. The number of rotatable bonds is 3. The van der Waals surface area contributed by atoms with Crippen LogP contribution in [0.2, 0.25) is 0 Å². The van der Waals surface area contributed by atoms with E-state index in [0.717, 1.165) is 18.7 Å². The predicted molar refractivity (Wildman–Crippen MR) is 79.9 cm³/mol. The van der Waals surface area contributed by atoms with Crippen molar-refractivity contribution in [3.8, 4) is 0 Å². The van der Waals surface area contributed by atoms with Gasteiger partial charge in [-0.1, -0.05) is 0 Å². The van der Waals surface area contributed by atoms with Crippen LogP contribution in [0.25, 0.3) is 0 Å². The zero-order valence-corrected chi connectivity index (χ0v) is 12.5. The first-order valence-electron chi connectivity index (χ1n) is 8.06. The Hall–Kier alpha value is -1.98. The molecule has 116 valence electrons. The standard InChI is InChI=1S/C16H20N4O2/c21-15(5-11-1-2-11)19-8-12-3-4-20(16(22)14(12)9-19)13-6-17-10-18-7-13/h6-7,10-12,14H,1-5,8-9H2/t12-,14-/m0/s1. The largest absolute Gasteiger partial charge is 0.342 e. The van der Waals surface area contributed by atoms with Gasteiger partial charge in [0.15, 0.2) is 0 Å². The molecule has 3 aliphatic rings. The molecule has 6 heteroatoms. The third-order valence-electron chi connectivity index (χ3n) is 5.12. The average molecular weight is 300 g/mol. The van der Waals surface area contributed by atoms with Crippen LogP contribution in [0.15, 0.2) is 18.7 Å². The minimum absolute atomic E-state index is 0.0582. The van der Waals surface area contributed by atoms with E-state index in [1.807, 2.05) is 4.90 Å². The molecule has 1 aromatic heterocycles. The quantitative estimate of drug-likeness (QED) is 0.838. The summed E-state index contributed by atoms with van der Waals surface area (Å²) in [6, 6.07) is 0. The number of hydrogen-bond donors (Lipinski definition) is 0. The Kier molecular flexibility index (Phi) is 3.32. The Morgan fingerprint density at radius 2 is 1.95 bits per heavy atom. The highest BCUT2D eigenvalue weighted by molar-refractivity contribution is 5.96. The highest BCUT2D eigenvalue weighted by Gasteiger charge is 2.45. The maximum atomic E-state index is 12.7. The number of piperidine rings is 1. The van der Waals surface area contributed by atoms with E-state index in [9.17, 15) is 9.59 Å². The molecule has 0 aromatic carbocycles. The van der Waals surface area contributed by atoms with E-state index in [-0.39, 0.29) is 17.7 Å². The molecule has 6 nitrogen and oxygen atoms in total. The number of amides is 2. The van der Waals surface area contributed by atoms with Crippen LogP contribution < -0.4 is 4.90 Å². The Balaban J connectivity index is 1.46. The van der Waals surface area contributed by atoms with E-state index in [1.165, 1.54) is 19.2 Å². The molecule has 22 heavy (non-hydrogen) atoms. The molecule has 4 rings (SSSR count). The van der Waals surface area contributed by atoms with Gasteiger partial charge in [-0.3, -0.25) is 9.59 Å². The zero-order valence-electron chi connectivity index (χ0n) is 12.5. The lowest BCUT2D eigenvalue weighted by molar-refractivity contribution is -0.130. The highest BCUT2D eigenvalue weighted by Crippen LogP contribution is 2.37. The number of fused-ring (bicyclic) bond motifs is 1. The third-order valence-corrected chi connectivity index (χ3v) is 5.12. The fourth-order valence-corrected chi connectivity index (χ4v) is 3.64. The summed E-state index contributed by atoms with van der Waals surface area (Å²) in [6.45, 7) is 2.03. The van der Waals surface area contributed by atoms with Crippen molar-refractivity contribution in [3.05, 3.63) is 18.7 Å². The van der Waals surface area contributed by atoms with Gasteiger partial charge in [-0.05, 0) is 31.1 Å². The summed E-state index contributed by atoms with van der Waals surface area (Å²) in [5.74, 6) is 1.21. The second-order valence-corrected chi connectivity index (χ2v) is 6.69. The van der Waals surface area contributed by atoms with Gasteiger partial charge in [0.25, 0.3) is 0 Å². The molecule has 3 heterocycles. The number of aromatic nitrogens is 2. The minimum atomic E-state index is -0.0582. The first-order valence-corrected chi connectivity index (χ1v) is 8.06. The van der Waals surface area contributed by atoms with E-state index >= 15 is 0 Å². The topological polar surface area (TPSA) is 66.4 Å². The third kappa shape index (κ3) is 2.46. The van der Waals surface area contributed by atoms with E-state index in [0.29, 0.717) is 31.3 Å². The summed E-state index contributed by atoms with van der Waals surface area (Å²) in [4.78, 5) is 36.7. The Morgan fingerprint density at radius 3 is 2.68 bits per heavy atom. The monoisotopic (exact) mass is 300 g/mol. The van der Waals surface area contributed by atoms with Crippen molar-refractivity contribution in [2.24, 2.45) is 17.8 Å². The van der Waals surface area contributed by atoms with Crippen LogP contribution in [0.4, 0.5) is 5.69 Å². The van der Waals surface area contributed by atoms with Gasteiger partial charge in [-0.25, -0.2) is 9.97 Å². The fourth-order valence-electron chi connectivity index (χ4n) is 3.64. The molecule has 1 saturated carbocycles. The second-order valence-electron chi connectivity index (χ2n) is 6.69. The minimum Gasteiger partial charge on any atom is -0.342 e. The fraction of sp³-hybridized carbons (Fsp3) is 0.625. The molecule has 2 saturated heterocycles. The summed E-state index contributed by atoms with van der Waals surface area (Å²) in [7, 11) is 0. The highest BCUT2D eigenvalue weighted by atomic mass is 16.2. The lowest BCUT2D eigenvalue weighted by Crippen LogP contribution is -2.45. The van der Waals surface area contributed by atoms with Crippen molar-refractivity contribution in [3.63, 3.8) is 0 Å². The molecular formula is C16H20N4O2. The first kappa shape index (κ1) is 13.7. The van der Waals surface area contributed by atoms with Gasteiger partial charge in [0.05, 0.1) is 24.0 Å². The Morgan fingerprint density at radius 1 is 1.18 bits per heavy atom. The maximum absolute atomic E-state index is 12.7. The second kappa shape index (κ2) is 5.34. The summed E-state index contributed by atoms with van der Waals surface area (Å²) >= 11 is 0. The molecule has 0 unspecified atom stereocenters. The van der Waals surface area contributed by atoms with Crippen LogP contribution in [-0.4, -0.2) is 46.3 Å². The normalized spacial score (nSPS) is 27.9. The van der Waals surface area contributed by atoms with E-state index in [1.54, 1.807) is 17.3 Å². The Labute approximate surface area is 129 Å². The van der Waals surface area contributed by atoms with Crippen molar-refractivity contribution in [2.45, 2.75) is 25.7 Å². The number of nitrogens with zero attached hydrogens (tertiary/aromatic N) is 4. The molecule has 2 amide bonds. The predicted octanol–water partition coefficient (Wildman–Crippen LogP) is 1.09. The Bertz CT molecular complexity index is 587. The molecule has 0 N–H and O–H groups in total. The molecular weight excluding hydrogens is 280 g/mol. The molecule has 0 bridgehead atoms. The van der Waals surface area contributed by atoms with Crippen molar-refractivity contribution in [1.29, 1.82) is 0 Å². The first-order chi connectivity index (χ1) is 10.7. The van der Waals surface area contributed by atoms with E-state index < -0.39 is 0 Å². The van der Waals surface area contributed by atoms with Gasteiger partial charge in [-0.2, -0.15) is 0 Å². The van der Waals surface area contributed by atoms with E-state index in [4.69, 9.17) is 0 Å². The summed E-state index contributed by atoms with van der Waals surface area (Å²) in [6.07, 6.45) is 8.81. The number of likely N-dealkylation sites (tertiary alicyclic amines) is 1. The summed E-state index contributed by atoms with van der Waals surface area (Å²) in [5.41, 5.74) is 0.758. The number of hydrogen-bond acceptors (Lipinski definition) is 4. The van der Waals surface area contributed by atoms with Crippen molar-refractivity contribution >= 4 is 17.5 Å². The van der Waals surface area contributed by atoms with E-state index in [2.05, 4.69) is 9.97 Å². The van der Waals surface area contributed by atoms with Gasteiger partial charge in [0, 0.05) is 26.1 Å². The lowest BCUT2D eigenvalue weighted by atomic mass is 9.88. The molecule has 2 aliphatic heterocycles. The molecule has 1 aliphatic carbocycles. The number of carbonyl (C=O) groups is 2. The van der Waals surface area contributed by atoms with Crippen LogP contribution in [0.5, 0.6) is 0 Å². The zero-order chi connectivity index (χ0) is 15.1. The van der Waals surface area contributed by atoms with Crippen LogP contribution >= 0.6 is 0 Å². The van der Waals surface area contributed by atoms with Crippen LogP contribution in [0.1, 0.15) is 25.7 Å². The average Bonchev–Trinajstić information content (AvgIpc) is 3.23. The van der Waals surface area contributed by atoms with Crippen molar-refractivity contribution < 1.29 is 9.59 Å². The van der Waals surface area contributed by atoms with Crippen molar-refractivity contribution in [1.82, 2.24) is 14.9 Å². The lowest BCUT2D eigenvalue weighted by Gasteiger charge is -2.33. The number of anilines is 1. The van der Waals surface area contributed by atoms with Gasteiger partial charge < -0.3 is 9.80 Å². The van der Waals surface area contributed by atoms with Gasteiger partial charge >= 0.3 is 0 Å². The molecule has 0 radical (unpaired) electrons. The number of carbonyl (C=O) groups excluding carboxylic acids is 2. The van der Waals surface area contributed by atoms with Crippen molar-refractivity contribution in [2.75, 3.05) is 24.5 Å².